The van der Waals surface area contributed by atoms with Crippen molar-refractivity contribution >= 4 is 37.8 Å². The maximum atomic E-state index is 8.89. The maximum absolute atomic E-state index is 8.89. The first-order valence-corrected chi connectivity index (χ1v) is 3.69. The Kier molecular flexibility index (Phi) is 14.4. The zero-order valence-electron chi connectivity index (χ0n) is 3.78. The van der Waals surface area contributed by atoms with Crippen LogP contribution in [0.2, 0.25) is 0 Å². The van der Waals surface area contributed by atoms with Crippen molar-refractivity contribution in [3.63, 3.8) is 0 Å². The second-order valence-electron chi connectivity index (χ2n) is 0.593. The smallest absolute Gasteiger partial charge is 0.248 e. The third kappa shape index (κ3) is 682. The number of halogens is 2. The van der Waals surface area contributed by atoms with Gasteiger partial charge in [0.2, 0.25) is 0 Å². The van der Waals surface area contributed by atoms with E-state index in [1.165, 1.54) is 0 Å². The molecule has 0 saturated carbocycles. The van der Waals surface area contributed by atoms with Crippen LogP contribution in [0.3, 0.4) is 0 Å². The molecule has 0 bridgehead atoms. The lowest BCUT2D eigenvalue weighted by Gasteiger charge is -1.50. The highest BCUT2D eigenvalue weighted by molar-refractivity contribution is 9.24. The largest absolute Gasteiger partial charge is 0.352 e. The number of carbonyl (C=O) groups excluding carboxylic acids is 1. The molecule has 0 saturated heterocycles. The lowest BCUT2D eigenvalue weighted by molar-refractivity contribution is -0.140. The summed E-state index contributed by atoms with van der Waals surface area (Å²) in [6.07, 6.45) is 0. The molecule has 0 amide bonds. The Bertz CT molecular complexity index is 42.2. The molecule has 0 aliphatic heterocycles. The quantitative estimate of drug-likeness (QED) is 0.586. The number of hydrogen-bond donors (Lipinski definition) is 0. The Balaban J connectivity index is 0. The molecule has 43 valence electrons. The first-order valence-electron chi connectivity index (χ1n) is 1.44. The van der Waals surface area contributed by atoms with Crippen molar-refractivity contribution in [2.75, 3.05) is 4.24 Å². The first kappa shape index (κ1) is 10.4. The van der Waals surface area contributed by atoms with Gasteiger partial charge >= 0.3 is 5.97 Å². The van der Waals surface area contributed by atoms with E-state index in [2.05, 4.69) is 31.9 Å². The van der Waals surface area contributed by atoms with Crippen molar-refractivity contribution in [3.8, 4) is 0 Å². The lowest BCUT2D eigenvalue weighted by atomic mass is 10.9. The fraction of sp³-hybridized carbons (Fsp3) is 0.667. The van der Waals surface area contributed by atoms with Crippen molar-refractivity contribution < 1.29 is 9.90 Å². The van der Waals surface area contributed by atoms with E-state index in [9.17, 15) is 0 Å². The van der Waals surface area contributed by atoms with Crippen LogP contribution in [0.1, 0.15) is 6.92 Å². The molecule has 0 N–H and O–H groups in total. The summed E-state index contributed by atoms with van der Waals surface area (Å²) in [5.74, 6) is -1.08. The summed E-state index contributed by atoms with van der Waals surface area (Å²) in [4.78, 5) is 8.89. The van der Waals surface area contributed by atoms with Gasteiger partial charge in [-0.15, -0.1) is 0 Å². The van der Waals surface area contributed by atoms with E-state index in [4.69, 9.17) is 9.90 Å². The number of carbonyl (C=O) groups is 1. The molecule has 2 nitrogen and oxygen atoms in total. The van der Waals surface area contributed by atoms with Gasteiger partial charge in [0.05, 0.1) is 4.24 Å². The van der Waals surface area contributed by atoms with Gasteiger partial charge in [0, 0.05) is 6.92 Å². The molecule has 0 aliphatic carbocycles. The molecule has 1 radical (unpaired) electrons. The molecule has 0 unspecified atom stereocenters. The molecular weight excluding hydrogens is 228 g/mol. The average Bonchev–Trinajstić information content (AvgIpc) is 1.33. The topological polar surface area (TPSA) is 37.0 Å². The van der Waals surface area contributed by atoms with Gasteiger partial charge in [-0.3, -0.25) is 0 Å². The average molecular weight is 233 g/mol. The molecule has 0 aromatic rings. The number of hydrogen-bond acceptors (Lipinski definition) is 1. The second-order valence-corrected chi connectivity index (χ2v) is 3.22. The molecule has 0 aromatic carbocycles. The van der Waals surface area contributed by atoms with Crippen molar-refractivity contribution in [1.29, 1.82) is 0 Å². The van der Waals surface area contributed by atoms with Crippen molar-refractivity contribution in [1.82, 2.24) is 0 Å². The molecule has 0 aliphatic rings. The van der Waals surface area contributed by atoms with E-state index in [-0.39, 0.29) is 0 Å². The van der Waals surface area contributed by atoms with Gasteiger partial charge in [0.25, 0.3) is 0 Å². The zero-order valence-corrected chi connectivity index (χ0v) is 6.95. The zero-order chi connectivity index (χ0) is 6.28. The van der Waals surface area contributed by atoms with E-state index in [1.54, 1.807) is 0 Å². The van der Waals surface area contributed by atoms with Crippen LogP contribution in [-0.4, -0.2) is 10.2 Å². The van der Waals surface area contributed by atoms with Crippen molar-refractivity contribution in [2.24, 2.45) is 0 Å². The molecular formula is C3H5Br2O2. The van der Waals surface area contributed by atoms with E-state index >= 15 is 0 Å². The fourth-order valence-corrected chi connectivity index (χ4v) is 0. The maximum Gasteiger partial charge on any atom is 0.352 e. The van der Waals surface area contributed by atoms with Crippen molar-refractivity contribution in [2.45, 2.75) is 6.92 Å². The van der Waals surface area contributed by atoms with Crippen LogP contribution in [0.4, 0.5) is 0 Å². The normalized spacial score (nSPS) is 6.14. The summed E-state index contributed by atoms with van der Waals surface area (Å²) in [7, 11) is 0. The van der Waals surface area contributed by atoms with Gasteiger partial charge < -0.3 is 0 Å². The predicted molar refractivity (Wildman–Crippen MR) is 34.1 cm³/mol. The Morgan fingerprint density at radius 1 is 1.57 bits per heavy atom. The monoisotopic (exact) mass is 231 g/mol. The minimum atomic E-state index is -1.08. The molecule has 0 aromatic heterocycles. The van der Waals surface area contributed by atoms with Gasteiger partial charge in [-0.05, 0) is 0 Å². The van der Waals surface area contributed by atoms with Crippen LogP contribution >= 0.6 is 31.9 Å². The van der Waals surface area contributed by atoms with Crippen LogP contribution in [0, 0.1) is 0 Å². The summed E-state index contributed by atoms with van der Waals surface area (Å²) in [6.45, 7) is 0.972. The van der Waals surface area contributed by atoms with Crippen molar-refractivity contribution in [3.05, 3.63) is 0 Å². The van der Waals surface area contributed by atoms with Crippen LogP contribution in [-0.2, 0) is 9.90 Å². The second kappa shape index (κ2) is 9.66. The minimum Gasteiger partial charge on any atom is -0.248 e. The fourth-order valence-electron chi connectivity index (χ4n) is 0. The predicted octanol–water partition coefficient (Wildman–Crippen LogP) is 1.70. The van der Waals surface area contributed by atoms with E-state index in [0.29, 0.717) is 0 Å². The van der Waals surface area contributed by atoms with Crippen LogP contribution in [0.25, 0.3) is 0 Å². The summed E-state index contributed by atoms with van der Waals surface area (Å²) >= 11 is 6.12. The van der Waals surface area contributed by atoms with E-state index < -0.39 is 5.97 Å². The Hall–Kier alpha value is 0.430. The van der Waals surface area contributed by atoms with E-state index in [1.807, 2.05) is 0 Å². The highest BCUT2D eigenvalue weighted by Gasteiger charge is 1.71. The van der Waals surface area contributed by atoms with Crippen LogP contribution in [0.15, 0.2) is 0 Å². The SMILES string of the molecule is BrCBr.CC([O])=O. The molecule has 4 heteroatoms. The van der Waals surface area contributed by atoms with Gasteiger partial charge in [-0.1, -0.05) is 31.9 Å². The summed E-state index contributed by atoms with van der Waals surface area (Å²) in [5, 5.41) is 8.89. The summed E-state index contributed by atoms with van der Waals surface area (Å²) in [6, 6.07) is 0. The number of rotatable bonds is 0. The van der Waals surface area contributed by atoms with Gasteiger partial charge in [0.15, 0.2) is 0 Å². The Morgan fingerprint density at radius 2 is 1.57 bits per heavy atom. The summed E-state index contributed by atoms with van der Waals surface area (Å²) in [5.41, 5.74) is 0. The Labute approximate surface area is 59.2 Å². The Morgan fingerprint density at radius 3 is 1.57 bits per heavy atom. The van der Waals surface area contributed by atoms with Gasteiger partial charge in [-0.25, -0.2) is 9.90 Å². The number of alkyl halides is 2. The molecule has 0 spiro atoms. The van der Waals surface area contributed by atoms with E-state index in [0.717, 1.165) is 11.2 Å². The first-order chi connectivity index (χ1) is 3.15. The van der Waals surface area contributed by atoms with Gasteiger partial charge in [-0.2, -0.15) is 0 Å². The summed E-state index contributed by atoms with van der Waals surface area (Å²) < 4.78 is 0.875. The van der Waals surface area contributed by atoms with Crippen LogP contribution in [0.5, 0.6) is 0 Å². The highest BCUT2D eigenvalue weighted by Crippen LogP contribution is 1.83. The molecule has 0 atom stereocenters. The standard InChI is InChI=1S/C2H3O2.CH2Br2/c1-2(3)4;2-1-3/h1H3;1H2. The molecule has 0 fully saturated rings. The molecule has 7 heavy (non-hydrogen) atoms. The third-order valence-electron chi connectivity index (χ3n) is 0. The lowest BCUT2D eigenvalue weighted by Crippen LogP contribution is -1.74. The van der Waals surface area contributed by atoms with Gasteiger partial charge in [0.1, 0.15) is 0 Å². The van der Waals surface area contributed by atoms with Crippen LogP contribution < -0.4 is 0 Å². The molecule has 0 heterocycles. The molecule has 0 rings (SSSR count). The third-order valence-corrected chi connectivity index (χ3v) is 0. The minimum absolute atomic E-state index is 0.875. The highest BCUT2D eigenvalue weighted by atomic mass is 79.9.